The van der Waals surface area contributed by atoms with Crippen LogP contribution in [-0.4, -0.2) is 36.6 Å². The van der Waals surface area contributed by atoms with Gasteiger partial charge in [0.1, 0.15) is 11.8 Å². The molecule has 0 spiro atoms. The number of nitrogens with two attached hydrogens (primary N) is 1. The van der Waals surface area contributed by atoms with Gasteiger partial charge in [0.15, 0.2) is 0 Å². The van der Waals surface area contributed by atoms with Gasteiger partial charge in [0, 0.05) is 28.8 Å². The minimum absolute atomic E-state index is 0.219. The van der Waals surface area contributed by atoms with Crippen molar-refractivity contribution in [3.05, 3.63) is 54.2 Å². The highest BCUT2D eigenvalue weighted by atomic mass is 32.2. The molecule has 0 aliphatic carbocycles. The second kappa shape index (κ2) is 11.1. The summed E-state index contributed by atoms with van der Waals surface area (Å²) in [6.45, 7) is 0.812. The number of pyridine rings is 1. The Morgan fingerprint density at radius 3 is 2.71 bits per heavy atom. The van der Waals surface area contributed by atoms with Crippen LogP contribution < -0.4 is 15.8 Å². The van der Waals surface area contributed by atoms with E-state index in [-0.39, 0.29) is 6.61 Å². The van der Waals surface area contributed by atoms with Gasteiger partial charge in [-0.3, -0.25) is 4.98 Å². The van der Waals surface area contributed by atoms with E-state index in [1.54, 1.807) is 25.1 Å². The number of hydrogen-bond donors (Lipinski definition) is 3. The first-order valence-electron chi connectivity index (χ1n) is 8.75. The zero-order chi connectivity index (χ0) is 20.4. The Morgan fingerprint density at radius 2 is 2.11 bits per heavy atom. The number of methoxy groups -OCH3 is 1. The maximum Gasteiger partial charge on any atom is 0.119 e. The number of thioether (sulfide) groups is 1. The minimum atomic E-state index is 0.219. The van der Waals surface area contributed by atoms with Gasteiger partial charge in [-0.25, -0.2) is 0 Å². The smallest absolute Gasteiger partial charge is 0.119 e. The minimum Gasteiger partial charge on any atom is -0.497 e. The van der Waals surface area contributed by atoms with E-state index in [2.05, 4.69) is 28.5 Å². The molecule has 28 heavy (non-hydrogen) atoms. The Hall–Kier alpha value is -2.79. The van der Waals surface area contributed by atoms with Gasteiger partial charge in [0.2, 0.25) is 0 Å². The Labute approximate surface area is 169 Å². The third-order valence-corrected chi connectivity index (χ3v) is 4.62. The first-order valence-corrected chi connectivity index (χ1v) is 9.98. The van der Waals surface area contributed by atoms with E-state index < -0.39 is 0 Å². The standard InChI is InChI=1S/C18H15N3OS.C3H9NO/c1-22-14-6-7-17-16(9-14)18(12(10-19)11-20-17)21-13-4-3-5-15(8-13)23-2;4-2-1-3-5/h3-9,11H,1-2H3,(H,20,21);5H,1-4H2. The molecule has 6 nitrogen and oxygen atoms in total. The number of aliphatic hydroxyl groups is 1. The molecule has 3 aromatic rings. The quantitative estimate of drug-likeness (QED) is 0.543. The fourth-order valence-electron chi connectivity index (χ4n) is 2.45. The van der Waals surface area contributed by atoms with Crippen molar-refractivity contribution in [1.82, 2.24) is 4.98 Å². The fraction of sp³-hybridized carbons (Fsp3) is 0.238. The van der Waals surface area contributed by atoms with E-state index in [0.717, 1.165) is 39.3 Å². The lowest BCUT2D eigenvalue weighted by Crippen LogP contribution is -1.99. The Kier molecular flexibility index (Phi) is 8.56. The number of nitriles is 1. The summed E-state index contributed by atoms with van der Waals surface area (Å²) >= 11 is 1.68. The highest BCUT2D eigenvalue weighted by Crippen LogP contribution is 2.32. The van der Waals surface area contributed by atoms with E-state index >= 15 is 0 Å². The average molecular weight is 397 g/mol. The van der Waals surface area contributed by atoms with Crippen LogP contribution in [0.25, 0.3) is 10.9 Å². The lowest BCUT2D eigenvalue weighted by Gasteiger charge is -2.13. The Bertz CT molecular complexity index is 955. The van der Waals surface area contributed by atoms with Crippen LogP contribution >= 0.6 is 11.8 Å². The first-order chi connectivity index (χ1) is 13.7. The molecule has 0 saturated carbocycles. The third-order valence-electron chi connectivity index (χ3n) is 3.90. The summed E-state index contributed by atoms with van der Waals surface area (Å²) in [4.78, 5) is 5.50. The van der Waals surface area contributed by atoms with E-state index in [9.17, 15) is 5.26 Å². The van der Waals surface area contributed by atoms with Crippen LogP contribution in [0.2, 0.25) is 0 Å². The second-order valence-electron chi connectivity index (χ2n) is 5.76. The number of aromatic nitrogens is 1. The number of nitrogens with one attached hydrogen (secondary N) is 1. The molecule has 0 amide bonds. The van der Waals surface area contributed by atoms with Crippen LogP contribution in [0.4, 0.5) is 11.4 Å². The molecular weight excluding hydrogens is 372 g/mol. The van der Waals surface area contributed by atoms with Crippen molar-refractivity contribution in [2.75, 3.05) is 31.8 Å². The molecule has 0 fully saturated rings. The number of aliphatic hydroxyl groups excluding tert-OH is 1. The molecule has 1 aromatic heterocycles. The number of benzene rings is 2. The molecule has 7 heteroatoms. The van der Waals surface area contributed by atoms with Crippen molar-refractivity contribution in [2.24, 2.45) is 5.73 Å². The Balaban J connectivity index is 0.000000500. The number of hydrogen-bond acceptors (Lipinski definition) is 7. The molecule has 0 aliphatic heterocycles. The summed E-state index contributed by atoms with van der Waals surface area (Å²) in [6.07, 6.45) is 4.35. The maximum absolute atomic E-state index is 9.42. The molecule has 0 atom stereocenters. The molecule has 1 heterocycles. The molecule has 146 valence electrons. The van der Waals surface area contributed by atoms with Gasteiger partial charge in [-0.15, -0.1) is 11.8 Å². The summed E-state index contributed by atoms with van der Waals surface area (Å²) in [6, 6.07) is 15.9. The Morgan fingerprint density at radius 1 is 1.29 bits per heavy atom. The molecule has 0 saturated heterocycles. The lowest BCUT2D eigenvalue weighted by atomic mass is 10.1. The molecule has 0 unspecified atom stereocenters. The predicted molar refractivity (Wildman–Crippen MR) is 115 cm³/mol. The maximum atomic E-state index is 9.42. The van der Waals surface area contributed by atoms with Crippen molar-refractivity contribution in [2.45, 2.75) is 11.3 Å². The van der Waals surface area contributed by atoms with Gasteiger partial charge in [0.25, 0.3) is 0 Å². The molecule has 3 rings (SSSR count). The van der Waals surface area contributed by atoms with Crippen molar-refractivity contribution in [3.8, 4) is 11.8 Å². The van der Waals surface area contributed by atoms with Gasteiger partial charge in [-0.2, -0.15) is 5.26 Å². The van der Waals surface area contributed by atoms with Gasteiger partial charge < -0.3 is 20.9 Å². The first kappa shape index (κ1) is 21.5. The highest BCUT2D eigenvalue weighted by Gasteiger charge is 2.10. The monoisotopic (exact) mass is 396 g/mol. The number of fused-ring (bicyclic) bond motifs is 1. The van der Waals surface area contributed by atoms with Crippen LogP contribution in [0.3, 0.4) is 0 Å². The van der Waals surface area contributed by atoms with E-state index in [0.29, 0.717) is 12.1 Å². The normalized spacial score (nSPS) is 9.96. The van der Waals surface area contributed by atoms with Crippen LogP contribution in [-0.2, 0) is 0 Å². The molecule has 0 radical (unpaired) electrons. The number of ether oxygens (including phenoxy) is 1. The molecule has 0 aliphatic rings. The van der Waals surface area contributed by atoms with Crippen molar-refractivity contribution in [1.29, 1.82) is 5.26 Å². The van der Waals surface area contributed by atoms with E-state index in [4.69, 9.17) is 15.6 Å². The number of nitrogens with zero attached hydrogens (tertiary/aromatic N) is 2. The second-order valence-corrected chi connectivity index (χ2v) is 6.64. The van der Waals surface area contributed by atoms with Crippen LogP contribution in [0, 0.1) is 11.3 Å². The number of rotatable bonds is 6. The molecule has 2 aromatic carbocycles. The van der Waals surface area contributed by atoms with Crippen LogP contribution in [0.1, 0.15) is 12.0 Å². The third kappa shape index (κ3) is 5.60. The van der Waals surface area contributed by atoms with Crippen LogP contribution in [0.15, 0.2) is 53.6 Å². The van der Waals surface area contributed by atoms with Gasteiger partial charge in [-0.05, 0) is 55.6 Å². The predicted octanol–water partition coefficient (Wildman–Crippen LogP) is 3.91. The summed E-state index contributed by atoms with van der Waals surface area (Å²) < 4.78 is 5.30. The zero-order valence-electron chi connectivity index (χ0n) is 16.0. The van der Waals surface area contributed by atoms with E-state index in [1.807, 2.05) is 36.6 Å². The molecule has 0 bridgehead atoms. The fourth-order valence-corrected chi connectivity index (χ4v) is 2.91. The SMILES string of the molecule is COc1ccc2ncc(C#N)c(Nc3cccc(SC)c3)c2c1.NCCCO. The topological polar surface area (TPSA) is 104 Å². The zero-order valence-corrected chi connectivity index (χ0v) is 16.8. The van der Waals surface area contributed by atoms with Crippen molar-refractivity contribution in [3.63, 3.8) is 0 Å². The van der Waals surface area contributed by atoms with Crippen molar-refractivity contribution >= 4 is 34.0 Å². The summed E-state index contributed by atoms with van der Waals surface area (Å²) in [5, 5.41) is 21.6. The number of anilines is 2. The average Bonchev–Trinajstić information content (AvgIpc) is 2.74. The molecule has 4 N–H and O–H groups in total. The van der Waals surface area contributed by atoms with Gasteiger partial charge in [-0.1, -0.05) is 6.07 Å². The summed E-state index contributed by atoms with van der Waals surface area (Å²) in [5.41, 5.74) is 7.97. The summed E-state index contributed by atoms with van der Waals surface area (Å²) in [7, 11) is 1.62. The van der Waals surface area contributed by atoms with Crippen molar-refractivity contribution < 1.29 is 9.84 Å². The van der Waals surface area contributed by atoms with E-state index in [1.165, 1.54) is 0 Å². The van der Waals surface area contributed by atoms with Gasteiger partial charge >= 0.3 is 0 Å². The highest BCUT2D eigenvalue weighted by molar-refractivity contribution is 7.98. The molecular formula is C21H24N4O2S. The summed E-state index contributed by atoms with van der Waals surface area (Å²) in [5.74, 6) is 0.732. The largest absolute Gasteiger partial charge is 0.497 e. The van der Waals surface area contributed by atoms with Gasteiger partial charge in [0.05, 0.1) is 23.9 Å². The van der Waals surface area contributed by atoms with Crippen LogP contribution in [0.5, 0.6) is 5.75 Å². The lowest BCUT2D eigenvalue weighted by molar-refractivity contribution is 0.291.